The van der Waals surface area contributed by atoms with Gasteiger partial charge in [0, 0.05) is 0 Å². The van der Waals surface area contributed by atoms with E-state index in [1.807, 2.05) is 36.4 Å². The lowest BCUT2D eigenvalue weighted by atomic mass is 10.2. The predicted octanol–water partition coefficient (Wildman–Crippen LogP) is 3.29. The number of rotatable bonds is 2. The van der Waals surface area contributed by atoms with E-state index >= 15 is 0 Å². The third-order valence-corrected chi connectivity index (χ3v) is 2.18. The Bertz CT molecular complexity index is 338. The fraction of sp³-hybridized carbons (Fsp3) is 0. The van der Waals surface area contributed by atoms with E-state index < -0.39 is 0 Å². The Morgan fingerprint density at radius 3 is 2.50 bits per heavy atom. The Kier molecular flexibility index (Phi) is 2.00. The van der Waals surface area contributed by atoms with E-state index in [4.69, 9.17) is 4.74 Å². The lowest BCUT2D eigenvalue weighted by Crippen LogP contribution is -1.71. The number of benzene rings is 1. The molecule has 0 saturated carbocycles. The van der Waals surface area contributed by atoms with Crippen molar-refractivity contribution in [1.29, 1.82) is 0 Å². The van der Waals surface area contributed by atoms with Gasteiger partial charge < -0.3 is 4.74 Å². The first-order valence-electron chi connectivity index (χ1n) is 3.66. The summed E-state index contributed by atoms with van der Waals surface area (Å²) in [5, 5.41) is 0. The molecule has 0 aromatic heterocycles. The van der Waals surface area contributed by atoms with E-state index in [1.165, 1.54) is 5.56 Å². The molecule has 0 atom stereocenters. The third-order valence-electron chi connectivity index (χ3n) is 1.56. The molecule has 1 aliphatic heterocycles. The highest BCUT2D eigenvalue weighted by molar-refractivity contribution is 9.12. The number of ether oxygens (including phenoxy) is 1. The molecule has 1 aromatic carbocycles. The van der Waals surface area contributed by atoms with Gasteiger partial charge in [0.1, 0.15) is 6.26 Å². The summed E-state index contributed by atoms with van der Waals surface area (Å²) in [4.78, 5) is 0. The summed E-state index contributed by atoms with van der Waals surface area (Å²) < 4.78 is 5.91. The molecule has 0 unspecified atom stereocenters. The zero-order chi connectivity index (χ0) is 8.39. The topological polar surface area (TPSA) is 12.5 Å². The Morgan fingerprint density at radius 2 is 1.92 bits per heavy atom. The largest absolute Gasteiger partial charge is 0.457 e. The Labute approximate surface area is 79.5 Å². The molecule has 1 heterocycles. The maximum atomic E-state index is 4.92. The standard InChI is InChI=1S/C10H7BrO/c11-9(10-7-12-10)6-8-4-2-1-3-5-8/h1-7H. The zero-order valence-electron chi connectivity index (χ0n) is 6.33. The molecule has 0 spiro atoms. The fourth-order valence-corrected chi connectivity index (χ4v) is 1.36. The molecule has 1 aliphatic rings. The molecule has 2 heteroatoms. The maximum absolute atomic E-state index is 4.92. The van der Waals surface area contributed by atoms with Crippen molar-refractivity contribution in [2.45, 2.75) is 0 Å². The summed E-state index contributed by atoms with van der Waals surface area (Å²) in [5.74, 6) is 0.916. The first-order chi connectivity index (χ1) is 5.86. The number of hydrogen-bond acceptors (Lipinski definition) is 1. The van der Waals surface area contributed by atoms with Gasteiger partial charge in [-0.15, -0.1) is 0 Å². The van der Waals surface area contributed by atoms with Gasteiger partial charge in [-0.05, 0) is 27.6 Å². The van der Waals surface area contributed by atoms with Crippen LogP contribution in [-0.4, -0.2) is 0 Å². The van der Waals surface area contributed by atoms with Gasteiger partial charge >= 0.3 is 0 Å². The average Bonchev–Trinajstić information content (AvgIpc) is 2.88. The molecule has 1 nitrogen and oxygen atoms in total. The van der Waals surface area contributed by atoms with E-state index in [1.54, 1.807) is 6.26 Å². The van der Waals surface area contributed by atoms with Gasteiger partial charge in [-0.2, -0.15) is 0 Å². The molecular weight excluding hydrogens is 216 g/mol. The summed E-state index contributed by atoms with van der Waals surface area (Å²) >= 11 is 3.41. The smallest absolute Gasteiger partial charge is 0.175 e. The van der Waals surface area contributed by atoms with Gasteiger partial charge in [0.25, 0.3) is 0 Å². The van der Waals surface area contributed by atoms with Crippen molar-refractivity contribution < 1.29 is 4.74 Å². The fourth-order valence-electron chi connectivity index (χ4n) is 0.909. The highest BCUT2D eigenvalue weighted by Crippen LogP contribution is 2.29. The van der Waals surface area contributed by atoms with Crippen LogP contribution in [0.15, 0.2) is 46.8 Å². The quantitative estimate of drug-likeness (QED) is 0.749. The molecule has 2 rings (SSSR count). The van der Waals surface area contributed by atoms with Crippen LogP contribution < -0.4 is 0 Å². The van der Waals surface area contributed by atoms with Crippen molar-refractivity contribution in [3.05, 3.63) is 52.4 Å². The van der Waals surface area contributed by atoms with Gasteiger partial charge in [0.15, 0.2) is 5.76 Å². The van der Waals surface area contributed by atoms with Crippen LogP contribution in [0.5, 0.6) is 0 Å². The molecule has 1 aromatic rings. The molecule has 0 amide bonds. The maximum Gasteiger partial charge on any atom is 0.175 e. The normalized spacial score (nSPS) is 15.1. The monoisotopic (exact) mass is 222 g/mol. The molecular formula is C10H7BrO. The Morgan fingerprint density at radius 1 is 1.25 bits per heavy atom. The van der Waals surface area contributed by atoms with Gasteiger partial charge in [-0.1, -0.05) is 30.3 Å². The SMILES string of the molecule is BrC(=Cc1ccccc1)C1=CO1. The van der Waals surface area contributed by atoms with Crippen LogP contribution in [0.4, 0.5) is 0 Å². The highest BCUT2D eigenvalue weighted by atomic mass is 79.9. The highest BCUT2D eigenvalue weighted by Gasteiger charge is 2.12. The summed E-state index contributed by atoms with van der Waals surface area (Å²) in [6, 6.07) is 10.1. The average molecular weight is 223 g/mol. The van der Waals surface area contributed by atoms with E-state index in [2.05, 4.69) is 15.9 Å². The second-order valence-electron chi connectivity index (χ2n) is 2.50. The van der Waals surface area contributed by atoms with Crippen molar-refractivity contribution in [3.8, 4) is 0 Å². The minimum Gasteiger partial charge on any atom is -0.457 e. The third kappa shape index (κ3) is 1.77. The van der Waals surface area contributed by atoms with Crippen molar-refractivity contribution in [3.63, 3.8) is 0 Å². The van der Waals surface area contributed by atoms with Crippen molar-refractivity contribution in [2.75, 3.05) is 0 Å². The first-order valence-corrected chi connectivity index (χ1v) is 4.45. The van der Waals surface area contributed by atoms with Crippen LogP contribution in [-0.2, 0) is 4.74 Å². The van der Waals surface area contributed by atoms with Crippen molar-refractivity contribution >= 4 is 22.0 Å². The van der Waals surface area contributed by atoms with Crippen LogP contribution in [0.2, 0.25) is 0 Å². The zero-order valence-corrected chi connectivity index (χ0v) is 7.91. The van der Waals surface area contributed by atoms with Gasteiger partial charge in [0.2, 0.25) is 0 Å². The Balaban J connectivity index is 2.21. The Hall–Kier alpha value is -1.02. The van der Waals surface area contributed by atoms with Crippen molar-refractivity contribution in [2.24, 2.45) is 0 Å². The number of hydrogen-bond donors (Lipinski definition) is 0. The summed E-state index contributed by atoms with van der Waals surface area (Å²) in [6.45, 7) is 0. The van der Waals surface area contributed by atoms with Crippen LogP contribution in [0, 0.1) is 0 Å². The van der Waals surface area contributed by atoms with Crippen LogP contribution >= 0.6 is 15.9 Å². The van der Waals surface area contributed by atoms with Crippen molar-refractivity contribution in [1.82, 2.24) is 0 Å². The summed E-state index contributed by atoms with van der Waals surface area (Å²) in [7, 11) is 0. The number of allylic oxidation sites excluding steroid dienone is 1. The van der Waals surface area contributed by atoms with E-state index in [9.17, 15) is 0 Å². The van der Waals surface area contributed by atoms with Gasteiger partial charge in [-0.25, -0.2) is 0 Å². The molecule has 0 radical (unpaired) electrons. The minimum absolute atomic E-state index is 0.916. The first kappa shape index (κ1) is 7.62. The lowest BCUT2D eigenvalue weighted by molar-refractivity contribution is 0.515. The molecule has 0 N–H and O–H groups in total. The molecule has 60 valence electrons. The predicted molar refractivity (Wildman–Crippen MR) is 52.5 cm³/mol. The summed E-state index contributed by atoms with van der Waals surface area (Å²) in [6.07, 6.45) is 3.74. The summed E-state index contributed by atoms with van der Waals surface area (Å²) in [5.41, 5.74) is 1.17. The van der Waals surface area contributed by atoms with Gasteiger partial charge in [0.05, 0.1) is 4.48 Å². The molecule has 0 fully saturated rings. The van der Waals surface area contributed by atoms with E-state index in [0.717, 1.165) is 10.2 Å². The molecule has 12 heavy (non-hydrogen) atoms. The second-order valence-corrected chi connectivity index (χ2v) is 3.36. The van der Waals surface area contributed by atoms with Crippen LogP contribution in [0.3, 0.4) is 0 Å². The molecule has 0 saturated heterocycles. The molecule has 0 aliphatic carbocycles. The van der Waals surface area contributed by atoms with Crippen LogP contribution in [0.25, 0.3) is 6.08 Å². The van der Waals surface area contributed by atoms with E-state index in [0.29, 0.717) is 0 Å². The number of halogens is 1. The second kappa shape index (κ2) is 3.15. The van der Waals surface area contributed by atoms with Crippen LogP contribution in [0.1, 0.15) is 5.56 Å². The lowest BCUT2D eigenvalue weighted by Gasteiger charge is -1.91. The van der Waals surface area contributed by atoms with E-state index in [-0.39, 0.29) is 0 Å². The molecule has 0 bridgehead atoms. The minimum atomic E-state index is 0.916. The van der Waals surface area contributed by atoms with Gasteiger partial charge in [-0.3, -0.25) is 0 Å².